The van der Waals surface area contributed by atoms with Crippen LogP contribution in [0, 0.1) is 5.82 Å². The number of rotatable bonds is 3. The van der Waals surface area contributed by atoms with E-state index in [4.69, 9.17) is 5.11 Å². The zero-order valence-corrected chi connectivity index (χ0v) is 7.89. The van der Waals surface area contributed by atoms with Crippen LogP contribution >= 0.6 is 0 Å². The lowest BCUT2D eigenvalue weighted by molar-refractivity contribution is -0.276. The van der Waals surface area contributed by atoms with Gasteiger partial charge in [-0.3, -0.25) is 0 Å². The molecule has 0 aliphatic carbocycles. The maximum Gasteiger partial charge on any atom is 0.574 e. The highest BCUT2D eigenvalue weighted by molar-refractivity contribution is 5.86. The number of alkyl halides is 4. The lowest BCUT2D eigenvalue weighted by atomic mass is 10.2. The van der Waals surface area contributed by atoms with Crippen molar-refractivity contribution in [3.63, 3.8) is 0 Å². The Morgan fingerprint density at radius 3 is 2.47 bits per heavy atom. The molecule has 0 unspecified atom stereocenters. The maximum atomic E-state index is 13.1. The number of hydrogen-bond donors (Lipinski definition) is 1. The summed E-state index contributed by atoms with van der Waals surface area (Å²) < 4.78 is 64.1. The first-order valence-corrected chi connectivity index (χ1v) is 3.99. The molecule has 0 radical (unpaired) electrons. The summed E-state index contributed by atoms with van der Waals surface area (Å²) in [4.78, 5) is 13.2. The number of carbonyl (C=O) groups is 1. The van der Waals surface area contributed by atoms with Gasteiger partial charge in [0.2, 0.25) is 5.88 Å². The molecule has 9 heteroatoms. The highest BCUT2D eigenvalue weighted by Crippen LogP contribution is 2.24. The third kappa shape index (κ3) is 3.26. The standard InChI is InChI=1S/C8H4F5NO3/c9-2-3-1-4(17-8(11,12)13)14-6(5(3)10)7(15)16/h1H,2H2,(H,15,16). The van der Waals surface area contributed by atoms with Crippen molar-refractivity contribution >= 4 is 5.97 Å². The second-order valence-corrected chi connectivity index (χ2v) is 2.77. The predicted molar refractivity (Wildman–Crippen MR) is 42.6 cm³/mol. The fourth-order valence-electron chi connectivity index (χ4n) is 0.966. The number of pyridine rings is 1. The highest BCUT2D eigenvalue weighted by atomic mass is 19.4. The molecule has 0 spiro atoms. The van der Waals surface area contributed by atoms with Crippen molar-refractivity contribution in [3.05, 3.63) is 23.1 Å². The number of carboxylic acid groups (broad SMARTS) is 1. The van der Waals surface area contributed by atoms with E-state index in [-0.39, 0.29) is 0 Å². The van der Waals surface area contributed by atoms with Crippen molar-refractivity contribution < 1.29 is 36.6 Å². The molecule has 0 saturated carbocycles. The van der Waals surface area contributed by atoms with Crippen molar-refractivity contribution in [2.45, 2.75) is 13.0 Å². The van der Waals surface area contributed by atoms with Gasteiger partial charge in [0, 0.05) is 11.6 Å². The summed E-state index contributed by atoms with van der Waals surface area (Å²) in [5, 5.41) is 8.45. The monoisotopic (exact) mass is 257 g/mol. The van der Waals surface area contributed by atoms with Gasteiger partial charge in [-0.1, -0.05) is 0 Å². The average molecular weight is 257 g/mol. The number of aromatic carboxylic acids is 1. The van der Waals surface area contributed by atoms with Gasteiger partial charge in [-0.25, -0.2) is 18.6 Å². The third-order valence-electron chi connectivity index (χ3n) is 1.58. The van der Waals surface area contributed by atoms with Gasteiger partial charge < -0.3 is 9.84 Å². The molecular weight excluding hydrogens is 253 g/mol. The Bertz CT molecular complexity index is 446. The van der Waals surface area contributed by atoms with Gasteiger partial charge in [-0.2, -0.15) is 0 Å². The van der Waals surface area contributed by atoms with Gasteiger partial charge in [0.05, 0.1) is 0 Å². The molecule has 1 rings (SSSR count). The Hall–Kier alpha value is -1.93. The van der Waals surface area contributed by atoms with Crippen LogP contribution in [0.1, 0.15) is 16.1 Å². The minimum absolute atomic E-state index is 0.343. The molecular formula is C8H4F5NO3. The van der Waals surface area contributed by atoms with E-state index in [1.807, 2.05) is 0 Å². The molecule has 0 bridgehead atoms. The second-order valence-electron chi connectivity index (χ2n) is 2.77. The quantitative estimate of drug-likeness (QED) is 0.844. The van der Waals surface area contributed by atoms with E-state index in [0.29, 0.717) is 6.07 Å². The van der Waals surface area contributed by atoms with Crippen LogP contribution in [-0.2, 0) is 6.67 Å². The van der Waals surface area contributed by atoms with Crippen molar-refractivity contribution in [1.29, 1.82) is 0 Å². The molecule has 1 aromatic rings. The number of ether oxygens (including phenoxy) is 1. The molecule has 1 heterocycles. The number of aromatic nitrogens is 1. The Kier molecular flexibility index (Phi) is 3.49. The summed E-state index contributed by atoms with van der Waals surface area (Å²) in [5.74, 6) is -4.69. The first-order valence-electron chi connectivity index (χ1n) is 3.99. The Morgan fingerprint density at radius 2 is 2.06 bits per heavy atom. The van der Waals surface area contributed by atoms with Crippen LogP contribution in [0.4, 0.5) is 22.0 Å². The van der Waals surface area contributed by atoms with Crippen LogP contribution in [0.2, 0.25) is 0 Å². The lowest BCUT2D eigenvalue weighted by Crippen LogP contribution is -2.19. The summed E-state index contributed by atoms with van der Waals surface area (Å²) in [7, 11) is 0. The fourth-order valence-corrected chi connectivity index (χ4v) is 0.966. The molecule has 0 saturated heterocycles. The molecule has 0 fully saturated rings. The summed E-state index contributed by atoms with van der Waals surface area (Å²) in [5.41, 5.74) is -2.21. The summed E-state index contributed by atoms with van der Waals surface area (Å²) in [6.07, 6.45) is -5.13. The average Bonchev–Trinajstić information content (AvgIpc) is 2.17. The molecule has 17 heavy (non-hydrogen) atoms. The molecule has 0 aromatic carbocycles. The van der Waals surface area contributed by atoms with Gasteiger partial charge in [-0.05, 0) is 0 Å². The molecule has 94 valence electrons. The Balaban J connectivity index is 3.25. The predicted octanol–water partition coefficient (Wildman–Crippen LogP) is 2.29. The van der Waals surface area contributed by atoms with Crippen LogP contribution in [0.15, 0.2) is 6.07 Å². The van der Waals surface area contributed by atoms with E-state index in [1.54, 1.807) is 0 Å². The second kappa shape index (κ2) is 4.52. The molecule has 0 atom stereocenters. The molecule has 0 aliphatic rings. The molecule has 0 amide bonds. The van der Waals surface area contributed by atoms with Crippen LogP contribution in [0.5, 0.6) is 5.88 Å². The van der Waals surface area contributed by atoms with E-state index < -0.39 is 42.0 Å². The Morgan fingerprint density at radius 1 is 1.47 bits per heavy atom. The van der Waals surface area contributed by atoms with E-state index in [1.165, 1.54) is 0 Å². The molecule has 1 aromatic heterocycles. The number of nitrogens with zero attached hydrogens (tertiary/aromatic N) is 1. The first-order chi connectivity index (χ1) is 7.74. The topological polar surface area (TPSA) is 59.4 Å². The van der Waals surface area contributed by atoms with Gasteiger partial charge in [0.15, 0.2) is 11.5 Å². The smallest absolute Gasteiger partial charge is 0.476 e. The van der Waals surface area contributed by atoms with Crippen LogP contribution in [0.3, 0.4) is 0 Å². The summed E-state index contributed by atoms with van der Waals surface area (Å²) in [6, 6.07) is 0.343. The number of halogens is 5. The maximum absolute atomic E-state index is 13.1. The van der Waals surface area contributed by atoms with Crippen LogP contribution in [0.25, 0.3) is 0 Å². The minimum atomic E-state index is -5.13. The third-order valence-corrected chi connectivity index (χ3v) is 1.58. The molecule has 0 aliphatic heterocycles. The highest BCUT2D eigenvalue weighted by Gasteiger charge is 2.33. The Labute approximate surface area is 90.6 Å². The summed E-state index contributed by atoms with van der Waals surface area (Å²) in [6.45, 7) is -1.48. The minimum Gasteiger partial charge on any atom is -0.476 e. The van der Waals surface area contributed by atoms with Gasteiger partial charge in [0.1, 0.15) is 6.67 Å². The van der Waals surface area contributed by atoms with Gasteiger partial charge >= 0.3 is 12.3 Å². The molecule has 4 nitrogen and oxygen atoms in total. The fraction of sp³-hybridized carbons (Fsp3) is 0.250. The molecule has 1 N–H and O–H groups in total. The normalized spacial score (nSPS) is 11.4. The first kappa shape index (κ1) is 13.1. The zero-order chi connectivity index (χ0) is 13.2. The van der Waals surface area contributed by atoms with Crippen LogP contribution in [-0.4, -0.2) is 22.4 Å². The van der Waals surface area contributed by atoms with Crippen molar-refractivity contribution in [2.24, 2.45) is 0 Å². The van der Waals surface area contributed by atoms with Crippen molar-refractivity contribution in [2.75, 3.05) is 0 Å². The van der Waals surface area contributed by atoms with Crippen LogP contribution < -0.4 is 4.74 Å². The van der Waals surface area contributed by atoms with E-state index in [9.17, 15) is 26.7 Å². The number of hydrogen-bond acceptors (Lipinski definition) is 3. The van der Waals surface area contributed by atoms with Gasteiger partial charge in [0.25, 0.3) is 0 Å². The van der Waals surface area contributed by atoms with Gasteiger partial charge in [-0.15, -0.1) is 13.2 Å². The van der Waals surface area contributed by atoms with E-state index in [2.05, 4.69) is 9.72 Å². The van der Waals surface area contributed by atoms with E-state index >= 15 is 0 Å². The largest absolute Gasteiger partial charge is 0.574 e. The lowest BCUT2D eigenvalue weighted by Gasteiger charge is -2.10. The van der Waals surface area contributed by atoms with Crippen molar-refractivity contribution in [1.82, 2.24) is 4.98 Å². The summed E-state index contributed by atoms with van der Waals surface area (Å²) >= 11 is 0. The van der Waals surface area contributed by atoms with E-state index in [0.717, 1.165) is 0 Å². The van der Waals surface area contributed by atoms with Crippen molar-refractivity contribution in [3.8, 4) is 5.88 Å². The SMILES string of the molecule is O=C(O)c1nc(OC(F)(F)F)cc(CF)c1F. The number of carboxylic acids is 1. The zero-order valence-electron chi connectivity index (χ0n) is 7.89.